The number of aromatic carboxylic acids is 1. The zero-order chi connectivity index (χ0) is 12.0. The van der Waals surface area contributed by atoms with Crippen molar-refractivity contribution in [1.82, 2.24) is 5.32 Å². The van der Waals surface area contributed by atoms with Crippen LogP contribution in [-0.2, 0) is 0 Å². The lowest BCUT2D eigenvalue weighted by Gasteiger charge is -2.01. The molecule has 0 aromatic carbocycles. The minimum Gasteiger partial charge on any atom is -0.477 e. The molecule has 1 amide bonds. The highest BCUT2D eigenvalue weighted by Crippen LogP contribution is 2.16. The van der Waals surface area contributed by atoms with Crippen LogP contribution in [0.1, 0.15) is 25.8 Å². The van der Waals surface area contributed by atoms with Crippen molar-refractivity contribution in [2.45, 2.75) is 6.42 Å². The average Bonchev–Trinajstić information content (AvgIpc) is 2.73. The van der Waals surface area contributed by atoms with Gasteiger partial charge in [0.05, 0.1) is 4.88 Å². The monoisotopic (exact) mass is 259 g/mol. The molecule has 0 aliphatic carbocycles. The van der Waals surface area contributed by atoms with Crippen LogP contribution in [0.3, 0.4) is 0 Å². The van der Waals surface area contributed by atoms with E-state index in [-0.39, 0.29) is 10.8 Å². The first-order valence-electron chi connectivity index (χ1n) is 4.75. The van der Waals surface area contributed by atoms with Crippen LogP contribution in [0.5, 0.6) is 0 Å². The van der Waals surface area contributed by atoms with Crippen LogP contribution in [0, 0.1) is 0 Å². The van der Waals surface area contributed by atoms with Gasteiger partial charge < -0.3 is 10.4 Å². The minimum atomic E-state index is -0.994. The summed E-state index contributed by atoms with van der Waals surface area (Å²) in [4.78, 5) is 22.8. The molecule has 0 saturated heterocycles. The third-order valence-corrected chi connectivity index (χ3v) is 3.62. The zero-order valence-electron chi connectivity index (χ0n) is 8.86. The molecule has 6 heteroatoms. The summed E-state index contributed by atoms with van der Waals surface area (Å²) in [6.45, 7) is 0.625. The normalized spacial score (nSPS) is 10.1. The largest absolute Gasteiger partial charge is 0.477 e. The summed E-state index contributed by atoms with van der Waals surface area (Å²) in [6, 6.07) is 2.99. The van der Waals surface area contributed by atoms with E-state index < -0.39 is 5.97 Å². The van der Waals surface area contributed by atoms with Crippen molar-refractivity contribution in [2.24, 2.45) is 0 Å². The lowest BCUT2D eigenvalue weighted by molar-refractivity contribution is 0.0702. The summed E-state index contributed by atoms with van der Waals surface area (Å²) in [7, 11) is 0. The third kappa shape index (κ3) is 3.86. The molecule has 1 heterocycles. The Morgan fingerprint density at radius 3 is 2.69 bits per heavy atom. The van der Waals surface area contributed by atoms with Crippen LogP contribution in [0.25, 0.3) is 0 Å². The van der Waals surface area contributed by atoms with Crippen LogP contribution < -0.4 is 5.32 Å². The first kappa shape index (κ1) is 13.1. The number of amides is 1. The summed E-state index contributed by atoms with van der Waals surface area (Å²) in [5.74, 6) is -0.185. The Hall–Kier alpha value is -1.01. The second kappa shape index (κ2) is 6.55. The lowest BCUT2D eigenvalue weighted by Crippen LogP contribution is -2.23. The average molecular weight is 259 g/mol. The number of thioether (sulfide) groups is 1. The van der Waals surface area contributed by atoms with E-state index in [2.05, 4.69) is 5.32 Å². The highest BCUT2D eigenvalue weighted by Gasteiger charge is 2.11. The van der Waals surface area contributed by atoms with Gasteiger partial charge in [-0.1, -0.05) is 0 Å². The van der Waals surface area contributed by atoms with Gasteiger partial charge in [-0.2, -0.15) is 11.8 Å². The van der Waals surface area contributed by atoms with Crippen molar-refractivity contribution in [3.63, 3.8) is 0 Å². The molecule has 0 spiro atoms. The van der Waals surface area contributed by atoms with Crippen molar-refractivity contribution in [3.8, 4) is 0 Å². The van der Waals surface area contributed by atoms with Crippen LogP contribution in [-0.4, -0.2) is 35.5 Å². The fourth-order valence-electron chi connectivity index (χ4n) is 1.08. The number of thiophene rings is 1. The fraction of sp³-hybridized carbons (Fsp3) is 0.400. The smallest absolute Gasteiger partial charge is 0.345 e. The Balaban J connectivity index is 2.43. The topological polar surface area (TPSA) is 66.4 Å². The quantitative estimate of drug-likeness (QED) is 0.766. The summed E-state index contributed by atoms with van der Waals surface area (Å²) < 4.78 is 0. The number of hydrogen-bond donors (Lipinski definition) is 2. The van der Waals surface area contributed by atoms with Gasteiger partial charge in [-0.3, -0.25) is 4.79 Å². The van der Waals surface area contributed by atoms with Gasteiger partial charge in [0, 0.05) is 6.54 Å². The Morgan fingerprint density at radius 1 is 1.44 bits per heavy atom. The molecule has 0 aliphatic heterocycles. The van der Waals surface area contributed by atoms with Crippen LogP contribution >= 0.6 is 23.1 Å². The molecule has 0 aliphatic rings. The molecule has 4 nitrogen and oxygen atoms in total. The maximum absolute atomic E-state index is 11.5. The number of nitrogens with one attached hydrogen (secondary N) is 1. The van der Waals surface area contributed by atoms with Crippen molar-refractivity contribution in [3.05, 3.63) is 21.9 Å². The highest BCUT2D eigenvalue weighted by molar-refractivity contribution is 7.98. The van der Waals surface area contributed by atoms with Gasteiger partial charge in [0.1, 0.15) is 4.88 Å². The second-order valence-corrected chi connectivity index (χ2v) is 5.14. The predicted molar refractivity (Wildman–Crippen MR) is 66.6 cm³/mol. The Kier molecular flexibility index (Phi) is 5.34. The Morgan fingerprint density at radius 2 is 2.12 bits per heavy atom. The summed E-state index contributed by atoms with van der Waals surface area (Å²) in [5, 5.41) is 11.5. The van der Waals surface area contributed by atoms with Crippen molar-refractivity contribution in [2.75, 3.05) is 18.6 Å². The van der Waals surface area contributed by atoms with Gasteiger partial charge in [-0.05, 0) is 30.6 Å². The van der Waals surface area contributed by atoms with Gasteiger partial charge in [-0.15, -0.1) is 11.3 Å². The molecule has 88 valence electrons. The lowest BCUT2D eigenvalue weighted by atomic mass is 10.4. The number of carboxylic acids is 1. The van der Waals surface area contributed by atoms with Gasteiger partial charge >= 0.3 is 5.97 Å². The molecule has 0 atom stereocenters. The van der Waals surface area contributed by atoms with Gasteiger partial charge in [0.2, 0.25) is 0 Å². The van der Waals surface area contributed by atoms with E-state index in [1.54, 1.807) is 11.8 Å². The Labute approximate surface area is 102 Å². The van der Waals surface area contributed by atoms with Gasteiger partial charge in [0.15, 0.2) is 0 Å². The molecular formula is C10H13NO3S2. The summed E-state index contributed by atoms with van der Waals surface area (Å²) in [5.41, 5.74) is 0. The molecule has 0 fully saturated rings. The Bertz CT molecular complexity index is 376. The third-order valence-electron chi connectivity index (χ3n) is 1.85. The van der Waals surface area contributed by atoms with Crippen LogP contribution in [0.15, 0.2) is 12.1 Å². The van der Waals surface area contributed by atoms with Crippen molar-refractivity contribution >= 4 is 35.0 Å². The van der Waals surface area contributed by atoms with E-state index in [4.69, 9.17) is 5.11 Å². The SMILES string of the molecule is CSCCCNC(=O)c1ccc(C(=O)O)s1. The van der Waals surface area contributed by atoms with E-state index in [9.17, 15) is 9.59 Å². The van der Waals surface area contributed by atoms with Crippen molar-refractivity contribution in [1.29, 1.82) is 0 Å². The second-order valence-electron chi connectivity index (χ2n) is 3.07. The van der Waals surface area contributed by atoms with Crippen LogP contribution in [0.2, 0.25) is 0 Å². The predicted octanol–water partition coefficient (Wildman–Crippen LogP) is 1.93. The summed E-state index contributed by atoms with van der Waals surface area (Å²) >= 11 is 2.73. The zero-order valence-corrected chi connectivity index (χ0v) is 10.5. The van der Waals surface area contributed by atoms with Crippen molar-refractivity contribution < 1.29 is 14.7 Å². The number of rotatable bonds is 6. The first-order chi connectivity index (χ1) is 7.65. The molecule has 1 aromatic heterocycles. The summed E-state index contributed by atoms with van der Waals surface area (Å²) in [6.07, 6.45) is 2.93. The van der Waals surface area contributed by atoms with E-state index in [0.717, 1.165) is 23.5 Å². The highest BCUT2D eigenvalue weighted by atomic mass is 32.2. The number of carbonyl (C=O) groups excluding carboxylic acids is 1. The minimum absolute atomic E-state index is 0.189. The van der Waals surface area contributed by atoms with E-state index >= 15 is 0 Å². The molecule has 16 heavy (non-hydrogen) atoms. The standard InChI is InChI=1S/C10H13NO3S2/c1-15-6-2-5-11-9(12)7-3-4-8(16-7)10(13)14/h3-4H,2,5-6H2,1H3,(H,11,12)(H,13,14). The maximum atomic E-state index is 11.5. The molecule has 0 unspecified atom stereocenters. The van der Waals surface area contributed by atoms with Crippen LogP contribution in [0.4, 0.5) is 0 Å². The molecule has 1 rings (SSSR count). The molecule has 0 bridgehead atoms. The van der Waals surface area contributed by atoms with E-state index in [1.807, 2.05) is 6.26 Å². The molecular weight excluding hydrogens is 246 g/mol. The van der Waals surface area contributed by atoms with E-state index in [0.29, 0.717) is 11.4 Å². The van der Waals surface area contributed by atoms with Gasteiger partial charge in [-0.25, -0.2) is 4.79 Å². The fourth-order valence-corrected chi connectivity index (χ4v) is 2.27. The molecule has 0 radical (unpaired) electrons. The number of carbonyl (C=O) groups is 2. The first-order valence-corrected chi connectivity index (χ1v) is 6.96. The molecule has 0 saturated carbocycles. The molecule has 2 N–H and O–H groups in total. The van der Waals surface area contributed by atoms with E-state index in [1.165, 1.54) is 12.1 Å². The maximum Gasteiger partial charge on any atom is 0.345 e. The number of hydrogen-bond acceptors (Lipinski definition) is 4. The molecule has 1 aromatic rings. The van der Waals surface area contributed by atoms with Gasteiger partial charge in [0.25, 0.3) is 5.91 Å². The number of carboxylic acid groups (broad SMARTS) is 1.